The Balaban J connectivity index is 1.12. The number of hydrogen-bond donors (Lipinski definition) is 2. The van der Waals surface area contributed by atoms with E-state index >= 15 is 0 Å². The molecule has 3 saturated carbocycles. The van der Waals surface area contributed by atoms with Gasteiger partial charge < -0.3 is 15.2 Å². The van der Waals surface area contributed by atoms with E-state index in [1.807, 2.05) is 0 Å². The van der Waals surface area contributed by atoms with Gasteiger partial charge in [-0.05, 0) is 118 Å². The standard InChI is InChI=1S/C30H47NO4/c1-3-23-17-22-15-21(2)16-26(18-22)29(23)35-34-28-6-4-5-25(19-28)24-7-9-27(10-8-24)33-20-30(32)11-13-31-14-12-30/h7-10,21-23,25-26,28-29,31-32H,3-6,11-20H2,1-2H3/t21?,22?,23?,25?,26?,28-,29+/m1/s1. The Morgan fingerprint density at radius 3 is 2.54 bits per heavy atom. The number of ether oxygens (including phenoxy) is 1. The summed E-state index contributed by atoms with van der Waals surface area (Å²) >= 11 is 0. The molecule has 4 fully saturated rings. The Kier molecular flexibility index (Phi) is 8.38. The van der Waals surface area contributed by atoms with Gasteiger partial charge in [-0.1, -0.05) is 38.8 Å². The highest BCUT2D eigenvalue weighted by molar-refractivity contribution is 5.30. The molecule has 2 N–H and O–H groups in total. The molecule has 0 amide bonds. The lowest BCUT2D eigenvalue weighted by atomic mass is 9.63. The first-order valence-electron chi connectivity index (χ1n) is 14.5. The van der Waals surface area contributed by atoms with E-state index in [0.717, 1.165) is 56.4 Å². The van der Waals surface area contributed by atoms with Crippen LogP contribution in [0.25, 0.3) is 0 Å². The normalized spacial score (nSPS) is 37.1. The molecule has 1 heterocycles. The van der Waals surface area contributed by atoms with Crippen LogP contribution in [0.3, 0.4) is 0 Å². The zero-order valence-electron chi connectivity index (χ0n) is 21.9. The van der Waals surface area contributed by atoms with Crippen molar-refractivity contribution in [2.24, 2.45) is 23.7 Å². The third-order valence-corrected chi connectivity index (χ3v) is 9.49. The second-order valence-corrected chi connectivity index (χ2v) is 12.3. The first kappa shape index (κ1) is 25.5. The average Bonchev–Trinajstić information content (AvgIpc) is 2.87. The summed E-state index contributed by atoms with van der Waals surface area (Å²) in [5, 5.41) is 14.0. The largest absolute Gasteiger partial charge is 0.491 e. The molecule has 5 heteroatoms. The Morgan fingerprint density at radius 2 is 1.77 bits per heavy atom. The van der Waals surface area contributed by atoms with Crippen LogP contribution < -0.4 is 10.1 Å². The molecule has 1 aliphatic heterocycles. The molecule has 5 unspecified atom stereocenters. The molecule has 5 nitrogen and oxygen atoms in total. The maximum absolute atomic E-state index is 10.7. The van der Waals surface area contributed by atoms with E-state index in [4.69, 9.17) is 14.5 Å². The van der Waals surface area contributed by atoms with E-state index in [2.05, 4.69) is 43.4 Å². The van der Waals surface area contributed by atoms with Crippen molar-refractivity contribution in [3.63, 3.8) is 0 Å². The van der Waals surface area contributed by atoms with E-state index in [1.54, 1.807) is 0 Å². The highest BCUT2D eigenvalue weighted by atomic mass is 17.2. The number of benzene rings is 1. The van der Waals surface area contributed by atoms with Crippen LogP contribution in [-0.4, -0.2) is 42.6 Å². The van der Waals surface area contributed by atoms with E-state index in [-0.39, 0.29) is 12.2 Å². The quantitative estimate of drug-likeness (QED) is 0.349. The minimum atomic E-state index is -0.705. The van der Waals surface area contributed by atoms with Crippen molar-refractivity contribution in [1.29, 1.82) is 0 Å². The number of aliphatic hydroxyl groups is 1. The number of rotatable bonds is 8. The van der Waals surface area contributed by atoms with Crippen molar-refractivity contribution in [3.8, 4) is 5.75 Å². The summed E-state index contributed by atoms with van der Waals surface area (Å²) in [5.41, 5.74) is 0.656. The Bertz CT molecular complexity index is 790. The molecule has 1 aromatic rings. The second-order valence-electron chi connectivity index (χ2n) is 12.3. The van der Waals surface area contributed by atoms with Crippen LogP contribution in [0.2, 0.25) is 0 Å². The zero-order chi connectivity index (χ0) is 24.3. The van der Waals surface area contributed by atoms with Gasteiger partial charge >= 0.3 is 0 Å². The van der Waals surface area contributed by atoms with Crippen LogP contribution in [-0.2, 0) is 9.78 Å². The number of piperidine rings is 1. The minimum Gasteiger partial charge on any atom is -0.491 e. The molecule has 196 valence electrons. The lowest BCUT2D eigenvalue weighted by Gasteiger charge is -2.46. The third-order valence-electron chi connectivity index (χ3n) is 9.49. The van der Waals surface area contributed by atoms with E-state index in [0.29, 0.717) is 24.4 Å². The van der Waals surface area contributed by atoms with E-state index in [1.165, 1.54) is 50.5 Å². The lowest BCUT2D eigenvalue weighted by molar-refractivity contribution is -0.378. The van der Waals surface area contributed by atoms with Crippen LogP contribution in [0, 0.1) is 23.7 Å². The van der Waals surface area contributed by atoms with Gasteiger partial charge in [0, 0.05) is 0 Å². The molecule has 35 heavy (non-hydrogen) atoms. The van der Waals surface area contributed by atoms with Gasteiger partial charge in [0.15, 0.2) is 0 Å². The van der Waals surface area contributed by atoms with Gasteiger partial charge in [0.25, 0.3) is 0 Å². The van der Waals surface area contributed by atoms with Gasteiger partial charge in [0.1, 0.15) is 18.0 Å². The van der Waals surface area contributed by atoms with Crippen molar-refractivity contribution in [2.75, 3.05) is 19.7 Å². The monoisotopic (exact) mass is 485 g/mol. The molecule has 4 aliphatic rings. The smallest absolute Gasteiger partial charge is 0.119 e. The Morgan fingerprint density at radius 1 is 0.971 bits per heavy atom. The first-order valence-corrected chi connectivity index (χ1v) is 14.5. The fraction of sp³-hybridized carbons (Fsp3) is 0.800. The van der Waals surface area contributed by atoms with E-state index < -0.39 is 5.60 Å². The molecule has 1 aromatic carbocycles. The van der Waals surface area contributed by atoms with Gasteiger partial charge in [-0.25, -0.2) is 9.78 Å². The van der Waals surface area contributed by atoms with Crippen LogP contribution >= 0.6 is 0 Å². The summed E-state index contributed by atoms with van der Waals surface area (Å²) in [6.45, 7) is 6.81. The predicted molar refractivity (Wildman–Crippen MR) is 138 cm³/mol. The summed E-state index contributed by atoms with van der Waals surface area (Å²) in [5.74, 6) is 4.42. The van der Waals surface area contributed by atoms with Gasteiger partial charge in [-0.3, -0.25) is 0 Å². The van der Waals surface area contributed by atoms with Crippen molar-refractivity contribution in [1.82, 2.24) is 5.32 Å². The van der Waals surface area contributed by atoms with Crippen LogP contribution in [0.4, 0.5) is 0 Å². The zero-order valence-corrected chi connectivity index (χ0v) is 21.9. The molecule has 3 aliphatic carbocycles. The summed E-state index contributed by atoms with van der Waals surface area (Å²) in [7, 11) is 0. The van der Waals surface area contributed by atoms with E-state index in [9.17, 15) is 5.11 Å². The highest BCUT2D eigenvalue weighted by Crippen LogP contribution is 2.47. The molecule has 0 spiro atoms. The predicted octanol–water partition coefficient (Wildman–Crippen LogP) is 6.01. The third kappa shape index (κ3) is 6.41. The molecule has 5 rings (SSSR count). The molecule has 0 radical (unpaired) electrons. The first-order chi connectivity index (χ1) is 17.0. The fourth-order valence-electron chi connectivity index (χ4n) is 7.53. The molecule has 1 saturated heterocycles. The number of hydrogen-bond acceptors (Lipinski definition) is 5. The Labute approximate surface area is 212 Å². The van der Waals surface area contributed by atoms with Crippen molar-refractivity contribution >= 4 is 0 Å². The molecular weight excluding hydrogens is 438 g/mol. The molecule has 7 atom stereocenters. The van der Waals surface area contributed by atoms with Crippen molar-refractivity contribution in [3.05, 3.63) is 29.8 Å². The van der Waals surface area contributed by atoms with Gasteiger partial charge in [-0.2, -0.15) is 0 Å². The van der Waals surface area contributed by atoms with Crippen LogP contribution in [0.1, 0.15) is 96.0 Å². The SMILES string of the molecule is CCC1CC2CC(C)CC(C2)[C@H]1OO[C@@H]1CCCC(c2ccc(OCC3(O)CCNCC3)cc2)C1. The van der Waals surface area contributed by atoms with Gasteiger partial charge in [0.2, 0.25) is 0 Å². The summed E-state index contributed by atoms with van der Waals surface area (Å²) in [6, 6.07) is 8.53. The minimum absolute atomic E-state index is 0.190. The van der Waals surface area contributed by atoms with Crippen LogP contribution in [0.5, 0.6) is 5.75 Å². The molecular formula is C30H47NO4. The van der Waals surface area contributed by atoms with Crippen LogP contribution in [0.15, 0.2) is 24.3 Å². The Hall–Kier alpha value is -1.14. The second kappa shape index (κ2) is 11.5. The fourth-order valence-corrected chi connectivity index (χ4v) is 7.53. The van der Waals surface area contributed by atoms with Crippen molar-refractivity contribution < 1.29 is 19.6 Å². The summed E-state index contributed by atoms with van der Waals surface area (Å²) in [6.07, 6.45) is 13.0. The van der Waals surface area contributed by atoms with Gasteiger partial charge in [-0.15, -0.1) is 0 Å². The topological polar surface area (TPSA) is 60.0 Å². The molecule has 0 aromatic heterocycles. The van der Waals surface area contributed by atoms with Crippen molar-refractivity contribution in [2.45, 2.75) is 108 Å². The average molecular weight is 486 g/mol. The molecule has 2 bridgehead atoms. The van der Waals surface area contributed by atoms with Gasteiger partial charge in [0.05, 0.1) is 12.2 Å². The maximum Gasteiger partial charge on any atom is 0.119 e. The number of nitrogens with one attached hydrogen (secondary N) is 1. The lowest BCUT2D eigenvalue weighted by Crippen LogP contribution is -2.45. The summed E-state index contributed by atoms with van der Waals surface area (Å²) in [4.78, 5) is 12.5. The summed E-state index contributed by atoms with van der Waals surface area (Å²) < 4.78 is 5.96. The maximum atomic E-state index is 10.7. The number of fused-ring (bicyclic) bond motifs is 2. The highest BCUT2D eigenvalue weighted by Gasteiger charge is 2.43.